The Bertz CT molecular complexity index is 1490. The first-order valence-electron chi connectivity index (χ1n) is 11.6. The van der Waals surface area contributed by atoms with Gasteiger partial charge in [0.15, 0.2) is 10.8 Å². The van der Waals surface area contributed by atoms with E-state index < -0.39 is 28.1 Å². The Hall–Kier alpha value is -3.48. The summed E-state index contributed by atoms with van der Waals surface area (Å²) in [5, 5.41) is 2.44. The molecule has 1 N–H and O–H groups in total. The molecule has 192 valence electrons. The third-order valence-electron chi connectivity index (χ3n) is 6.17. The molecule has 5 rings (SSSR count). The summed E-state index contributed by atoms with van der Waals surface area (Å²) in [5.41, 5.74) is 2.20. The molecule has 2 aliphatic heterocycles. The highest BCUT2D eigenvalue weighted by Gasteiger charge is 2.43. The number of carbonyl (C=O) groups excluding carboxylic acids is 1. The SMILES string of the molecule is CCOC(=O)C1=C2C[C@H](NS(=O)(=O)c3cccnc3)CN2C(c2nccs2)=N[C@H]1c1ccc(F)cc1C. The highest BCUT2D eigenvalue weighted by molar-refractivity contribution is 7.89. The van der Waals surface area contributed by atoms with Crippen molar-refractivity contribution in [1.29, 1.82) is 0 Å². The molecule has 2 aliphatic rings. The first-order valence-corrected chi connectivity index (χ1v) is 14.0. The minimum Gasteiger partial charge on any atom is -0.463 e. The number of nitrogens with zero attached hydrogens (tertiary/aromatic N) is 4. The van der Waals surface area contributed by atoms with Crippen molar-refractivity contribution in [2.45, 2.75) is 37.2 Å². The third kappa shape index (κ3) is 4.91. The molecule has 0 aliphatic carbocycles. The van der Waals surface area contributed by atoms with Crippen LogP contribution in [0.2, 0.25) is 0 Å². The van der Waals surface area contributed by atoms with Crippen molar-refractivity contribution in [3.8, 4) is 0 Å². The predicted molar refractivity (Wildman–Crippen MR) is 136 cm³/mol. The standard InChI is InChI=1S/C25H24FN5O4S2/c1-3-35-25(32)21-20-12-17(30-37(33,34)18-5-4-8-27-13-18)14-31(20)23(24-28-9-10-36-24)29-22(21)19-7-6-16(26)11-15(19)2/h4-11,13,17,22,30H,3,12,14H2,1-2H3/t17-,22-/m0/s1. The number of hydrogen-bond acceptors (Lipinski definition) is 9. The topological polar surface area (TPSA) is 114 Å². The Morgan fingerprint density at radius 2 is 2.14 bits per heavy atom. The number of fused-ring (bicyclic) bond motifs is 1. The smallest absolute Gasteiger partial charge is 0.338 e. The maximum Gasteiger partial charge on any atom is 0.338 e. The normalized spacial score (nSPS) is 19.5. The summed E-state index contributed by atoms with van der Waals surface area (Å²) in [6, 6.07) is 6.05. The van der Waals surface area contributed by atoms with Crippen molar-refractivity contribution < 1.29 is 22.3 Å². The summed E-state index contributed by atoms with van der Waals surface area (Å²) in [6.07, 6.45) is 4.67. The average molecular weight is 542 g/mol. The monoisotopic (exact) mass is 541 g/mol. The van der Waals surface area contributed by atoms with Crippen LogP contribution >= 0.6 is 11.3 Å². The van der Waals surface area contributed by atoms with Crippen molar-refractivity contribution in [1.82, 2.24) is 19.6 Å². The van der Waals surface area contributed by atoms with Crippen LogP contribution in [0.4, 0.5) is 4.39 Å². The zero-order valence-electron chi connectivity index (χ0n) is 20.1. The summed E-state index contributed by atoms with van der Waals surface area (Å²) in [4.78, 5) is 28.4. The van der Waals surface area contributed by atoms with Gasteiger partial charge in [0.2, 0.25) is 10.0 Å². The van der Waals surface area contributed by atoms with Crippen LogP contribution in [0, 0.1) is 12.7 Å². The van der Waals surface area contributed by atoms with E-state index in [1.807, 2.05) is 10.3 Å². The summed E-state index contributed by atoms with van der Waals surface area (Å²) >= 11 is 1.38. The van der Waals surface area contributed by atoms with E-state index in [2.05, 4.69) is 14.7 Å². The van der Waals surface area contributed by atoms with Gasteiger partial charge in [-0.3, -0.25) is 9.98 Å². The molecule has 1 aromatic carbocycles. The molecule has 4 heterocycles. The number of amidine groups is 1. The van der Waals surface area contributed by atoms with E-state index in [4.69, 9.17) is 9.73 Å². The average Bonchev–Trinajstić information content (AvgIpc) is 3.54. The van der Waals surface area contributed by atoms with E-state index in [0.717, 1.165) is 0 Å². The largest absolute Gasteiger partial charge is 0.463 e. The number of benzene rings is 1. The van der Waals surface area contributed by atoms with Gasteiger partial charge in [-0.05, 0) is 49.2 Å². The molecule has 1 saturated heterocycles. The Kier molecular flexibility index (Phi) is 6.88. The van der Waals surface area contributed by atoms with Crippen LogP contribution in [-0.2, 0) is 19.6 Å². The lowest BCUT2D eigenvalue weighted by molar-refractivity contribution is -0.139. The fraction of sp³-hybridized carbons (Fsp3) is 0.280. The molecule has 0 spiro atoms. The van der Waals surface area contributed by atoms with Crippen molar-refractivity contribution in [3.05, 3.63) is 87.5 Å². The van der Waals surface area contributed by atoms with Gasteiger partial charge in [0.1, 0.15) is 16.8 Å². The van der Waals surface area contributed by atoms with Crippen LogP contribution in [0.15, 0.2) is 75.5 Å². The molecule has 37 heavy (non-hydrogen) atoms. The lowest BCUT2D eigenvalue weighted by atomic mass is 9.91. The molecule has 0 amide bonds. The summed E-state index contributed by atoms with van der Waals surface area (Å²) < 4.78 is 48.1. The number of sulfonamides is 1. The second-order valence-corrected chi connectivity index (χ2v) is 11.2. The molecule has 0 unspecified atom stereocenters. The van der Waals surface area contributed by atoms with Gasteiger partial charge in [-0.25, -0.2) is 27.3 Å². The number of halogens is 1. The summed E-state index contributed by atoms with van der Waals surface area (Å²) in [5.74, 6) is -0.414. The van der Waals surface area contributed by atoms with Crippen molar-refractivity contribution in [2.24, 2.45) is 4.99 Å². The van der Waals surface area contributed by atoms with Crippen molar-refractivity contribution >= 4 is 33.2 Å². The number of aromatic nitrogens is 2. The van der Waals surface area contributed by atoms with Gasteiger partial charge in [-0.15, -0.1) is 11.3 Å². The number of carbonyl (C=O) groups is 1. The van der Waals surface area contributed by atoms with Gasteiger partial charge < -0.3 is 9.64 Å². The number of nitrogens with one attached hydrogen (secondary N) is 1. The van der Waals surface area contributed by atoms with E-state index in [1.54, 1.807) is 32.2 Å². The second-order valence-electron chi connectivity index (χ2n) is 8.60. The number of ether oxygens (including phenoxy) is 1. The molecule has 9 nitrogen and oxygen atoms in total. The molecule has 2 aromatic heterocycles. The van der Waals surface area contributed by atoms with Gasteiger partial charge in [-0.2, -0.15) is 0 Å². The van der Waals surface area contributed by atoms with Gasteiger partial charge in [0, 0.05) is 48.7 Å². The number of esters is 1. The number of aliphatic imine (C=N–C) groups is 1. The van der Waals surface area contributed by atoms with E-state index in [1.165, 1.54) is 41.9 Å². The molecular weight excluding hydrogens is 517 g/mol. The molecule has 0 saturated carbocycles. The van der Waals surface area contributed by atoms with Crippen LogP contribution in [-0.4, -0.2) is 54.3 Å². The fourth-order valence-corrected chi connectivity index (χ4v) is 6.44. The van der Waals surface area contributed by atoms with Crippen LogP contribution in [0.1, 0.15) is 35.5 Å². The van der Waals surface area contributed by atoms with E-state index in [9.17, 15) is 17.6 Å². The fourth-order valence-electron chi connectivity index (χ4n) is 4.61. The van der Waals surface area contributed by atoms with E-state index in [0.29, 0.717) is 33.2 Å². The van der Waals surface area contributed by atoms with E-state index >= 15 is 0 Å². The summed E-state index contributed by atoms with van der Waals surface area (Å²) in [6.45, 7) is 3.87. The number of pyridine rings is 1. The number of aryl methyl sites for hydroxylation is 1. The Labute approximate surface area is 217 Å². The van der Waals surface area contributed by atoms with Gasteiger partial charge in [0.25, 0.3) is 0 Å². The molecule has 3 aromatic rings. The van der Waals surface area contributed by atoms with Crippen LogP contribution in [0.25, 0.3) is 0 Å². The molecule has 0 bridgehead atoms. The number of hydrogen-bond donors (Lipinski definition) is 1. The lowest BCUT2D eigenvalue weighted by Crippen LogP contribution is -2.39. The van der Waals surface area contributed by atoms with Gasteiger partial charge in [0.05, 0.1) is 12.2 Å². The maximum absolute atomic E-state index is 13.9. The predicted octanol–water partition coefficient (Wildman–Crippen LogP) is 3.36. The quantitative estimate of drug-likeness (QED) is 0.456. The first-order chi connectivity index (χ1) is 17.8. The number of rotatable bonds is 7. The zero-order chi connectivity index (χ0) is 26.2. The number of thiazole rings is 1. The molecular formula is C25H24FN5O4S2. The molecule has 0 radical (unpaired) electrons. The van der Waals surface area contributed by atoms with E-state index in [-0.39, 0.29) is 30.3 Å². The Morgan fingerprint density at radius 3 is 2.81 bits per heavy atom. The lowest BCUT2D eigenvalue weighted by Gasteiger charge is -2.32. The Morgan fingerprint density at radius 1 is 1.30 bits per heavy atom. The van der Waals surface area contributed by atoms with Crippen molar-refractivity contribution in [3.63, 3.8) is 0 Å². The molecule has 2 atom stereocenters. The highest BCUT2D eigenvalue weighted by atomic mass is 32.2. The van der Waals surface area contributed by atoms with Crippen molar-refractivity contribution in [2.75, 3.05) is 13.2 Å². The Balaban J connectivity index is 1.61. The van der Waals surface area contributed by atoms with Crippen LogP contribution in [0.3, 0.4) is 0 Å². The minimum atomic E-state index is -3.86. The maximum atomic E-state index is 13.9. The zero-order valence-corrected chi connectivity index (χ0v) is 21.7. The molecule has 1 fully saturated rings. The minimum absolute atomic E-state index is 0.0492. The second kappa shape index (κ2) is 10.1. The highest BCUT2D eigenvalue weighted by Crippen LogP contribution is 2.41. The van der Waals surface area contributed by atoms with Gasteiger partial charge >= 0.3 is 5.97 Å². The first kappa shape index (κ1) is 25.2. The third-order valence-corrected chi connectivity index (χ3v) is 8.45. The molecule has 12 heteroatoms. The van der Waals surface area contributed by atoms with Gasteiger partial charge in [-0.1, -0.05) is 6.07 Å². The van der Waals surface area contributed by atoms with Crippen LogP contribution < -0.4 is 4.72 Å². The summed E-state index contributed by atoms with van der Waals surface area (Å²) in [7, 11) is -3.86. The van der Waals surface area contributed by atoms with Crippen LogP contribution in [0.5, 0.6) is 0 Å².